The molecule has 2 unspecified atom stereocenters. The number of aliphatic hydroxyl groups excluding tert-OH is 1. The zero-order valence-electron chi connectivity index (χ0n) is 11.4. The molecule has 1 fully saturated rings. The van der Waals surface area contributed by atoms with Gasteiger partial charge in [0.25, 0.3) is 0 Å². The molecule has 0 spiro atoms. The van der Waals surface area contributed by atoms with Crippen molar-refractivity contribution in [3.8, 4) is 0 Å². The van der Waals surface area contributed by atoms with E-state index in [2.05, 4.69) is 48.6 Å². The normalized spacial score (nSPS) is 23.3. The van der Waals surface area contributed by atoms with Crippen LogP contribution < -0.4 is 10.2 Å². The Hall–Kier alpha value is -1.06. The molecule has 100 valence electrons. The van der Waals surface area contributed by atoms with Crippen LogP contribution in [0.1, 0.15) is 24.8 Å². The third-order valence-electron chi connectivity index (χ3n) is 3.73. The van der Waals surface area contributed by atoms with E-state index in [1.54, 1.807) is 0 Å². The molecule has 0 aromatic heterocycles. The van der Waals surface area contributed by atoms with Crippen molar-refractivity contribution >= 4 is 5.69 Å². The van der Waals surface area contributed by atoms with E-state index in [9.17, 15) is 5.11 Å². The van der Waals surface area contributed by atoms with Gasteiger partial charge in [0.2, 0.25) is 0 Å². The van der Waals surface area contributed by atoms with Crippen LogP contribution in [-0.4, -0.2) is 31.9 Å². The van der Waals surface area contributed by atoms with E-state index in [4.69, 9.17) is 0 Å². The first-order chi connectivity index (χ1) is 8.65. The molecular weight excluding hydrogens is 224 g/mol. The number of anilines is 1. The van der Waals surface area contributed by atoms with Crippen LogP contribution in [0.2, 0.25) is 0 Å². The predicted molar refractivity (Wildman–Crippen MR) is 75.8 cm³/mol. The van der Waals surface area contributed by atoms with Gasteiger partial charge < -0.3 is 15.3 Å². The predicted octanol–water partition coefficient (Wildman–Crippen LogP) is 2.00. The largest absolute Gasteiger partial charge is 0.393 e. The Morgan fingerprint density at radius 3 is 2.50 bits per heavy atom. The van der Waals surface area contributed by atoms with E-state index >= 15 is 0 Å². The van der Waals surface area contributed by atoms with Crippen LogP contribution in [-0.2, 0) is 6.54 Å². The summed E-state index contributed by atoms with van der Waals surface area (Å²) in [5.74, 6) is 0.654. The Morgan fingerprint density at radius 2 is 1.94 bits per heavy atom. The average molecular weight is 248 g/mol. The first kappa shape index (κ1) is 13.4. The number of nitrogens with one attached hydrogen (secondary N) is 1. The zero-order valence-corrected chi connectivity index (χ0v) is 11.4. The van der Waals surface area contributed by atoms with Crippen molar-refractivity contribution in [1.29, 1.82) is 0 Å². The molecule has 0 heterocycles. The van der Waals surface area contributed by atoms with E-state index in [1.807, 2.05) is 0 Å². The van der Waals surface area contributed by atoms with Crippen molar-refractivity contribution in [2.24, 2.45) is 5.92 Å². The molecule has 2 rings (SSSR count). The molecule has 2 N–H and O–H groups in total. The van der Waals surface area contributed by atoms with Crippen molar-refractivity contribution in [2.45, 2.75) is 31.9 Å². The average Bonchev–Trinajstić information content (AvgIpc) is 2.76. The van der Waals surface area contributed by atoms with Crippen LogP contribution in [0.15, 0.2) is 24.3 Å². The monoisotopic (exact) mass is 248 g/mol. The summed E-state index contributed by atoms with van der Waals surface area (Å²) >= 11 is 0. The zero-order chi connectivity index (χ0) is 13.0. The van der Waals surface area contributed by atoms with E-state index in [-0.39, 0.29) is 6.10 Å². The van der Waals surface area contributed by atoms with Gasteiger partial charge in [-0.1, -0.05) is 12.1 Å². The number of benzene rings is 1. The summed E-state index contributed by atoms with van der Waals surface area (Å²) in [5.41, 5.74) is 2.55. The summed E-state index contributed by atoms with van der Waals surface area (Å²) in [6, 6.07) is 8.64. The van der Waals surface area contributed by atoms with Crippen molar-refractivity contribution in [1.82, 2.24) is 5.32 Å². The van der Waals surface area contributed by atoms with Gasteiger partial charge in [-0.3, -0.25) is 0 Å². The summed E-state index contributed by atoms with van der Waals surface area (Å²) in [4.78, 5) is 2.11. The third kappa shape index (κ3) is 3.72. The fraction of sp³-hybridized carbons (Fsp3) is 0.600. The number of hydrogen-bond donors (Lipinski definition) is 2. The van der Waals surface area contributed by atoms with Gasteiger partial charge >= 0.3 is 0 Å². The summed E-state index contributed by atoms with van der Waals surface area (Å²) in [6.07, 6.45) is 3.04. The van der Waals surface area contributed by atoms with Crippen LogP contribution in [0.25, 0.3) is 0 Å². The van der Waals surface area contributed by atoms with Gasteiger partial charge in [-0.15, -0.1) is 0 Å². The SMILES string of the molecule is CN(C)c1ccc(CNCC2CCC(O)C2)cc1. The maximum absolute atomic E-state index is 9.47. The summed E-state index contributed by atoms with van der Waals surface area (Å²) in [7, 11) is 4.11. The summed E-state index contributed by atoms with van der Waals surface area (Å²) < 4.78 is 0. The molecule has 0 saturated heterocycles. The molecule has 1 saturated carbocycles. The molecule has 3 nitrogen and oxygen atoms in total. The smallest absolute Gasteiger partial charge is 0.0543 e. The molecule has 0 amide bonds. The Kier molecular flexibility index (Phi) is 4.61. The quantitative estimate of drug-likeness (QED) is 0.836. The molecule has 1 aliphatic rings. The molecule has 1 aromatic carbocycles. The van der Waals surface area contributed by atoms with Crippen molar-refractivity contribution in [3.63, 3.8) is 0 Å². The molecule has 1 aliphatic carbocycles. The molecular formula is C15H24N2O. The van der Waals surface area contributed by atoms with Gasteiger partial charge in [0.15, 0.2) is 0 Å². The Labute approximate surface area is 110 Å². The van der Waals surface area contributed by atoms with Crippen LogP contribution in [0.4, 0.5) is 5.69 Å². The minimum absolute atomic E-state index is 0.0591. The minimum atomic E-state index is -0.0591. The molecule has 2 atom stereocenters. The fourth-order valence-electron chi connectivity index (χ4n) is 2.57. The Morgan fingerprint density at radius 1 is 1.22 bits per heavy atom. The van der Waals surface area contributed by atoms with Gasteiger partial charge in [-0.25, -0.2) is 0 Å². The maximum Gasteiger partial charge on any atom is 0.0543 e. The molecule has 0 radical (unpaired) electrons. The minimum Gasteiger partial charge on any atom is -0.393 e. The summed E-state index contributed by atoms with van der Waals surface area (Å²) in [5, 5.41) is 13.0. The van der Waals surface area contributed by atoms with Crippen LogP contribution in [0, 0.1) is 5.92 Å². The first-order valence-corrected chi connectivity index (χ1v) is 6.80. The molecule has 18 heavy (non-hydrogen) atoms. The van der Waals surface area contributed by atoms with Crippen molar-refractivity contribution in [3.05, 3.63) is 29.8 Å². The topological polar surface area (TPSA) is 35.5 Å². The number of hydrogen-bond acceptors (Lipinski definition) is 3. The molecule has 3 heteroatoms. The van der Waals surface area contributed by atoms with Gasteiger partial charge in [0, 0.05) is 26.3 Å². The summed E-state index contributed by atoms with van der Waals surface area (Å²) in [6.45, 7) is 1.94. The van der Waals surface area contributed by atoms with E-state index in [0.717, 1.165) is 32.4 Å². The van der Waals surface area contributed by atoms with Crippen LogP contribution >= 0.6 is 0 Å². The highest BCUT2D eigenvalue weighted by Gasteiger charge is 2.21. The van der Waals surface area contributed by atoms with Crippen LogP contribution in [0.3, 0.4) is 0 Å². The van der Waals surface area contributed by atoms with Crippen LogP contribution in [0.5, 0.6) is 0 Å². The third-order valence-corrected chi connectivity index (χ3v) is 3.73. The van der Waals surface area contributed by atoms with Gasteiger partial charge in [0.1, 0.15) is 0 Å². The second-order valence-corrected chi connectivity index (χ2v) is 5.52. The lowest BCUT2D eigenvalue weighted by Gasteiger charge is -2.14. The maximum atomic E-state index is 9.47. The highest BCUT2D eigenvalue weighted by atomic mass is 16.3. The number of aliphatic hydroxyl groups is 1. The molecule has 0 aliphatic heterocycles. The molecule has 0 bridgehead atoms. The van der Waals surface area contributed by atoms with Gasteiger partial charge in [-0.2, -0.15) is 0 Å². The second-order valence-electron chi connectivity index (χ2n) is 5.52. The number of nitrogens with zero attached hydrogens (tertiary/aromatic N) is 1. The Balaban J connectivity index is 1.73. The highest BCUT2D eigenvalue weighted by molar-refractivity contribution is 5.45. The van der Waals surface area contributed by atoms with E-state index < -0.39 is 0 Å². The first-order valence-electron chi connectivity index (χ1n) is 6.80. The number of rotatable bonds is 5. The lowest BCUT2D eigenvalue weighted by Crippen LogP contribution is -2.21. The van der Waals surface area contributed by atoms with Gasteiger partial charge in [-0.05, 0) is 49.4 Å². The van der Waals surface area contributed by atoms with Crippen molar-refractivity contribution in [2.75, 3.05) is 25.5 Å². The van der Waals surface area contributed by atoms with Crippen molar-refractivity contribution < 1.29 is 5.11 Å². The molecule has 1 aromatic rings. The lowest BCUT2D eigenvalue weighted by molar-refractivity contribution is 0.177. The Bertz CT molecular complexity index is 361. The fourth-order valence-corrected chi connectivity index (χ4v) is 2.57. The standard InChI is InChI=1S/C15H24N2O/c1-17(2)14-6-3-12(4-7-14)10-16-11-13-5-8-15(18)9-13/h3-4,6-7,13,15-16,18H,5,8-11H2,1-2H3. The van der Waals surface area contributed by atoms with Gasteiger partial charge in [0.05, 0.1) is 6.10 Å². The lowest BCUT2D eigenvalue weighted by atomic mass is 10.1. The second kappa shape index (κ2) is 6.21. The van der Waals surface area contributed by atoms with E-state index in [1.165, 1.54) is 11.3 Å². The van der Waals surface area contributed by atoms with E-state index in [0.29, 0.717) is 5.92 Å². The highest BCUT2D eigenvalue weighted by Crippen LogP contribution is 2.24.